The maximum atomic E-state index is 12.4. The summed E-state index contributed by atoms with van der Waals surface area (Å²) in [5.74, 6) is -0.0487. The first-order chi connectivity index (χ1) is 19.7. The minimum Gasteiger partial charge on any atom is -0.462 e. The van der Waals surface area contributed by atoms with Crippen LogP contribution in [0.15, 0.2) is 54.6 Å². The Kier molecular flexibility index (Phi) is 13.1. The van der Waals surface area contributed by atoms with Crippen molar-refractivity contribution in [3.63, 3.8) is 0 Å². The van der Waals surface area contributed by atoms with Crippen LogP contribution in [0.1, 0.15) is 56.6 Å². The van der Waals surface area contributed by atoms with E-state index in [0.29, 0.717) is 38.0 Å². The molecule has 1 N–H and O–H groups in total. The molecule has 2 aromatic rings. The third kappa shape index (κ3) is 10.8. The highest BCUT2D eigenvalue weighted by atomic mass is 32.1. The van der Waals surface area contributed by atoms with Crippen LogP contribution >= 0.6 is 12.6 Å². The Morgan fingerprint density at radius 2 is 1.73 bits per heavy atom. The van der Waals surface area contributed by atoms with Gasteiger partial charge in [-0.3, -0.25) is 19.7 Å². The minimum atomic E-state index is -0.637. The predicted molar refractivity (Wildman–Crippen MR) is 158 cm³/mol. The van der Waals surface area contributed by atoms with E-state index in [-0.39, 0.29) is 47.9 Å². The number of unbranched alkanes of at least 4 members (excludes halogenated alkanes) is 2. The third-order valence-electron chi connectivity index (χ3n) is 7.34. The van der Waals surface area contributed by atoms with Crippen molar-refractivity contribution in [2.45, 2.75) is 70.6 Å². The summed E-state index contributed by atoms with van der Waals surface area (Å²) >= 11 is 3.93. The molecule has 2 atom stereocenters. The van der Waals surface area contributed by atoms with E-state index in [2.05, 4.69) is 17.9 Å². The monoisotopic (exact) mass is 585 g/mol. The van der Waals surface area contributed by atoms with Crippen LogP contribution < -0.4 is 5.32 Å². The van der Waals surface area contributed by atoms with E-state index in [4.69, 9.17) is 9.47 Å². The molecule has 0 bridgehead atoms. The Morgan fingerprint density at radius 1 is 1.05 bits per heavy atom. The van der Waals surface area contributed by atoms with Gasteiger partial charge in [-0.1, -0.05) is 55.0 Å². The van der Waals surface area contributed by atoms with Gasteiger partial charge in [-0.15, -0.1) is 12.6 Å². The van der Waals surface area contributed by atoms with Gasteiger partial charge in [0.15, 0.2) is 0 Å². The lowest BCUT2D eigenvalue weighted by atomic mass is 9.92. The molecule has 1 amide bonds. The molecular formula is C30H39N3O7S. The summed E-state index contributed by atoms with van der Waals surface area (Å²) in [7, 11) is 0. The number of likely N-dealkylation sites (tertiary alicyclic amines) is 1. The zero-order chi connectivity index (χ0) is 29.6. The molecule has 0 radical (unpaired) electrons. The molecule has 1 heterocycles. The van der Waals surface area contributed by atoms with Crippen molar-refractivity contribution < 1.29 is 28.8 Å². The van der Waals surface area contributed by atoms with Crippen LogP contribution in [0.4, 0.5) is 10.5 Å². The third-order valence-corrected chi connectivity index (χ3v) is 7.65. The van der Waals surface area contributed by atoms with Crippen molar-refractivity contribution in [2.24, 2.45) is 5.92 Å². The van der Waals surface area contributed by atoms with Gasteiger partial charge in [0.1, 0.15) is 12.7 Å². The first kappa shape index (κ1) is 32.1. The van der Waals surface area contributed by atoms with Gasteiger partial charge in [0.25, 0.3) is 5.69 Å². The van der Waals surface area contributed by atoms with E-state index in [1.807, 2.05) is 37.3 Å². The second-order valence-corrected chi connectivity index (χ2v) is 10.7. The number of nitro groups is 1. The Hall–Kier alpha value is -3.44. The summed E-state index contributed by atoms with van der Waals surface area (Å²) in [6, 6.07) is 15.3. The van der Waals surface area contributed by atoms with Gasteiger partial charge < -0.3 is 19.7 Å². The average molecular weight is 586 g/mol. The number of amides is 1. The number of carbonyl (C=O) groups excluding carboxylic acids is 3. The van der Waals surface area contributed by atoms with E-state index in [1.165, 1.54) is 6.07 Å². The number of para-hydroxylation sites is 1. The molecule has 0 aliphatic carbocycles. The van der Waals surface area contributed by atoms with Crippen LogP contribution in [0.5, 0.6) is 0 Å². The number of hydrogen-bond acceptors (Lipinski definition) is 8. The van der Waals surface area contributed by atoms with Gasteiger partial charge in [-0.05, 0) is 50.6 Å². The van der Waals surface area contributed by atoms with Gasteiger partial charge >= 0.3 is 12.1 Å². The summed E-state index contributed by atoms with van der Waals surface area (Å²) in [5, 5.41) is 14.0. The predicted octanol–water partition coefficient (Wildman–Crippen LogP) is 5.09. The number of nitro benzene ring substituents is 1. The number of benzene rings is 2. The summed E-state index contributed by atoms with van der Waals surface area (Å²) in [5.41, 5.74) is 1.40. The molecule has 1 saturated heterocycles. The van der Waals surface area contributed by atoms with Gasteiger partial charge in [0.2, 0.25) is 5.12 Å². The Morgan fingerprint density at radius 3 is 2.41 bits per heavy atom. The average Bonchev–Trinajstić information content (AvgIpc) is 2.97. The zero-order valence-corrected chi connectivity index (χ0v) is 24.3. The summed E-state index contributed by atoms with van der Waals surface area (Å²) in [6.07, 6.45) is 3.58. The zero-order valence-electron chi connectivity index (χ0n) is 23.4. The first-order valence-corrected chi connectivity index (χ1v) is 14.5. The Bertz CT molecular complexity index is 1160. The van der Waals surface area contributed by atoms with Crippen LogP contribution in [0.25, 0.3) is 0 Å². The molecule has 1 aliphatic heterocycles. The second-order valence-electron chi connectivity index (χ2n) is 10.3. The SMILES string of the molecule is CC(OC(=O)CCCCCNC(Cc1ccccc1[N+](=O)[O-])C(=O)S)C1CCN(C(=O)OCc2ccccc2)CC1. The van der Waals surface area contributed by atoms with Crippen molar-refractivity contribution in [2.75, 3.05) is 19.6 Å². The lowest BCUT2D eigenvalue weighted by Gasteiger charge is -2.34. The van der Waals surface area contributed by atoms with E-state index in [9.17, 15) is 24.5 Å². The number of esters is 1. The molecule has 2 aromatic carbocycles. The van der Waals surface area contributed by atoms with E-state index >= 15 is 0 Å². The number of rotatable bonds is 15. The van der Waals surface area contributed by atoms with Gasteiger partial charge in [-0.2, -0.15) is 0 Å². The first-order valence-electron chi connectivity index (χ1n) is 14.1. The summed E-state index contributed by atoms with van der Waals surface area (Å²) in [6.45, 7) is 3.81. The normalized spacial score (nSPS) is 15.1. The molecule has 3 rings (SSSR count). The molecule has 11 heteroatoms. The standard InChI is InChI=1S/C30H39N3O7S/c1-22(24-15-18-32(19-16-24)30(36)39-21-23-10-4-2-5-11-23)40-28(34)14-6-3-9-17-31-26(29(35)41)20-25-12-7-8-13-27(25)33(37)38/h2,4-5,7-8,10-13,22,24,26,31H,3,6,9,14-21H2,1H3,(H,35,41). The fourth-order valence-electron chi connectivity index (χ4n) is 4.90. The fourth-order valence-corrected chi connectivity index (χ4v) is 5.08. The summed E-state index contributed by atoms with van der Waals surface area (Å²) < 4.78 is 11.1. The van der Waals surface area contributed by atoms with Crippen LogP contribution in [0.2, 0.25) is 0 Å². The van der Waals surface area contributed by atoms with E-state index < -0.39 is 11.0 Å². The molecule has 222 valence electrons. The van der Waals surface area contributed by atoms with E-state index in [0.717, 1.165) is 31.2 Å². The maximum absolute atomic E-state index is 12.4. The maximum Gasteiger partial charge on any atom is 0.410 e. The Balaban J connectivity index is 1.28. The number of piperidine rings is 1. The smallest absolute Gasteiger partial charge is 0.410 e. The number of carbonyl (C=O) groups is 3. The molecule has 2 unspecified atom stereocenters. The number of ether oxygens (including phenoxy) is 2. The van der Waals surface area contributed by atoms with Crippen molar-refractivity contribution in [3.05, 3.63) is 75.8 Å². The van der Waals surface area contributed by atoms with E-state index in [1.54, 1.807) is 23.1 Å². The van der Waals surface area contributed by atoms with Gasteiger partial charge in [-0.25, -0.2) is 4.79 Å². The van der Waals surface area contributed by atoms with Crippen LogP contribution in [0.3, 0.4) is 0 Å². The second kappa shape index (κ2) is 16.7. The molecule has 0 aromatic heterocycles. The van der Waals surface area contributed by atoms with Crippen LogP contribution in [-0.2, 0) is 32.1 Å². The highest BCUT2D eigenvalue weighted by Crippen LogP contribution is 2.24. The van der Waals surface area contributed by atoms with Crippen molar-refractivity contribution in [3.8, 4) is 0 Å². The molecular weight excluding hydrogens is 546 g/mol. The molecule has 1 fully saturated rings. The van der Waals surface area contributed by atoms with Crippen molar-refractivity contribution in [1.82, 2.24) is 10.2 Å². The van der Waals surface area contributed by atoms with Crippen molar-refractivity contribution in [1.29, 1.82) is 0 Å². The van der Waals surface area contributed by atoms with Crippen molar-refractivity contribution >= 4 is 35.5 Å². The largest absolute Gasteiger partial charge is 0.462 e. The Labute approximate surface area is 246 Å². The molecule has 0 saturated carbocycles. The summed E-state index contributed by atoms with van der Waals surface area (Å²) in [4.78, 5) is 49.2. The highest BCUT2D eigenvalue weighted by molar-refractivity contribution is 7.96. The van der Waals surface area contributed by atoms with Crippen LogP contribution in [0, 0.1) is 16.0 Å². The number of nitrogens with one attached hydrogen (secondary N) is 1. The molecule has 10 nitrogen and oxygen atoms in total. The quantitative estimate of drug-likeness (QED) is 0.0972. The topological polar surface area (TPSA) is 128 Å². The molecule has 0 spiro atoms. The lowest BCUT2D eigenvalue weighted by Crippen LogP contribution is -2.41. The number of thiol groups is 1. The van der Waals surface area contributed by atoms with Gasteiger partial charge in [0.05, 0.1) is 11.0 Å². The van der Waals surface area contributed by atoms with Crippen LogP contribution in [-0.4, -0.2) is 58.8 Å². The highest BCUT2D eigenvalue weighted by Gasteiger charge is 2.29. The minimum absolute atomic E-state index is 0.0199. The molecule has 41 heavy (non-hydrogen) atoms. The number of hydrogen-bond donors (Lipinski definition) is 2. The van der Waals surface area contributed by atoms with Gasteiger partial charge in [0, 0.05) is 37.6 Å². The fraction of sp³-hybridized carbons (Fsp3) is 0.500. The number of nitrogens with zero attached hydrogens (tertiary/aromatic N) is 2. The lowest BCUT2D eigenvalue weighted by molar-refractivity contribution is -0.385. The molecule has 1 aliphatic rings.